The van der Waals surface area contributed by atoms with Crippen LogP contribution in [0.15, 0.2) is 4.99 Å². The van der Waals surface area contributed by atoms with Crippen molar-refractivity contribution in [2.75, 3.05) is 20.1 Å². The summed E-state index contributed by atoms with van der Waals surface area (Å²) in [6.45, 7) is 10.4. The predicted molar refractivity (Wildman–Crippen MR) is 58.9 cm³/mol. The van der Waals surface area contributed by atoms with Crippen LogP contribution in [0, 0.1) is 5.41 Å². The van der Waals surface area contributed by atoms with E-state index in [0.29, 0.717) is 5.96 Å². The molecule has 0 radical (unpaired) electrons. The zero-order valence-corrected chi connectivity index (χ0v) is 9.59. The number of aliphatic imine (C=N–C) groups is 1. The molecule has 0 aromatic rings. The lowest BCUT2D eigenvalue weighted by Gasteiger charge is -2.27. The lowest BCUT2D eigenvalue weighted by atomic mass is 9.96. The van der Waals surface area contributed by atoms with Crippen molar-refractivity contribution in [3.05, 3.63) is 0 Å². The largest absolute Gasteiger partial charge is 0.370 e. The van der Waals surface area contributed by atoms with E-state index in [1.165, 1.54) is 0 Å². The van der Waals surface area contributed by atoms with Gasteiger partial charge in [-0.25, -0.2) is 0 Å². The maximum Gasteiger partial charge on any atom is 0.191 e. The van der Waals surface area contributed by atoms with Gasteiger partial charge < -0.3 is 10.6 Å². The minimum Gasteiger partial charge on any atom is -0.370 e. The van der Waals surface area contributed by atoms with Gasteiger partial charge in [0, 0.05) is 20.1 Å². The summed E-state index contributed by atoms with van der Waals surface area (Å²) >= 11 is 0. The Morgan fingerprint density at radius 3 is 2.31 bits per heavy atom. The van der Waals surface area contributed by atoms with E-state index < -0.39 is 0 Å². The van der Waals surface area contributed by atoms with Crippen LogP contribution in [0.5, 0.6) is 0 Å². The minimum atomic E-state index is 0.265. The van der Waals surface area contributed by atoms with Crippen LogP contribution in [-0.2, 0) is 0 Å². The van der Waals surface area contributed by atoms with E-state index in [2.05, 4.69) is 32.7 Å². The van der Waals surface area contributed by atoms with Gasteiger partial charge in [-0.05, 0) is 11.8 Å². The topological polar surface area (TPSA) is 41.6 Å². The summed E-state index contributed by atoms with van der Waals surface area (Å²) in [6.07, 6.45) is 1.05. The standard InChI is InChI=1S/C10H23N3/c1-6-7-12-9(11)13(5)8-10(2,3)4/h6-8H2,1-5H3,(H2,11,12). The first-order valence-electron chi connectivity index (χ1n) is 4.88. The molecule has 0 saturated heterocycles. The van der Waals surface area contributed by atoms with Crippen LogP contribution in [0.4, 0.5) is 0 Å². The Balaban J connectivity index is 4.03. The monoisotopic (exact) mass is 185 g/mol. The number of nitrogens with two attached hydrogens (primary N) is 1. The Labute approximate surface area is 82.0 Å². The quantitative estimate of drug-likeness (QED) is 0.537. The molecule has 0 heterocycles. The first-order chi connectivity index (χ1) is 5.87. The Morgan fingerprint density at radius 2 is 1.92 bits per heavy atom. The van der Waals surface area contributed by atoms with Crippen LogP contribution in [-0.4, -0.2) is 31.0 Å². The van der Waals surface area contributed by atoms with Crippen molar-refractivity contribution in [1.82, 2.24) is 4.90 Å². The molecule has 0 aromatic heterocycles. The van der Waals surface area contributed by atoms with E-state index in [-0.39, 0.29) is 5.41 Å². The van der Waals surface area contributed by atoms with Gasteiger partial charge in [0.25, 0.3) is 0 Å². The number of guanidine groups is 1. The molecule has 3 heteroatoms. The van der Waals surface area contributed by atoms with E-state index in [9.17, 15) is 0 Å². The zero-order valence-electron chi connectivity index (χ0n) is 9.59. The number of nitrogens with zero attached hydrogens (tertiary/aromatic N) is 2. The predicted octanol–water partition coefficient (Wildman–Crippen LogP) is 1.69. The fraction of sp³-hybridized carbons (Fsp3) is 0.900. The number of hydrogen-bond donors (Lipinski definition) is 1. The van der Waals surface area contributed by atoms with Crippen LogP contribution in [0.25, 0.3) is 0 Å². The first kappa shape index (κ1) is 12.3. The summed E-state index contributed by atoms with van der Waals surface area (Å²) < 4.78 is 0. The van der Waals surface area contributed by atoms with Gasteiger partial charge in [-0.15, -0.1) is 0 Å². The van der Waals surface area contributed by atoms with E-state index in [1.54, 1.807) is 0 Å². The van der Waals surface area contributed by atoms with Crippen molar-refractivity contribution in [1.29, 1.82) is 0 Å². The number of hydrogen-bond acceptors (Lipinski definition) is 1. The van der Waals surface area contributed by atoms with Crippen LogP contribution in [0.3, 0.4) is 0 Å². The fourth-order valence-electron chi connectivity index (χ4n) is 1.14. The molecule has 0 rings (SSSR count). The highest BCUT2D eigenvalue weighted by Gasteiger charge is 2.14. The van der Waals surface area contributed by atoms with Crippen molar-refractivity contribution >= 4 is 5.96 Å². The number of rotatable bonds is 3. The highest BCUT2D eigenvalue weighted by molar-refractivity contribution is 5.77. The first-order valence-corrected chi connectivity index (χ1v) is 4.88. The van der Waals surface area contributed by atoms with Gasteiger partial charge in [0.05, 0.1) is 0 Å². The molecule has 0 amide bonds. The van der Waals surface area contributed by atoms with Gasteiger partial charge in [-0.2, -0.15) is 0 Å². The van der Waals surface area contributed by atoms with E-state index in [4.69, 9.17) is 5.73 Å². The zero-order chi connectivity index (χ0) is 10.5. The molecular weight excluding hydrogens is 162 g/mol. The maximum atomic E-state index is 5.79. The summed E-state index contributed by atoms with van der Waals surface area (Å²) in [5.41, 5.74) is 6.05. The lowest BCUT2D eigenvalue weighted by molar-refractivity contribution is 0.303. The Morgan fingerprint density at radius 1 is 1.38 bits per heavy atom. The summed E-state index contributed by atoms with van der Waals surface area (Å²) in [5, 5.41) is 0. The molecule has 0 aliphatic rings. The van der Waals surface area contributed by atoms with Gasteiger partial charge in [-0.3, -0.25) is 4.99 Å². The molecule has 0 aliphatic heterocycles. The van der Waals surface area contributed by atoms with E-state index in [1.807, 2.05) is 11.9 Å². The van der Waals surface area contributed by atoms with Crippen LogP contribution in [0.2, 0.25) is 0 Å². The third kappa shape index (κ3) is 6.43. The molecule has 0 fully saturated rings. The van der Waals surface area contributed by atoms with Crippen molar-refractivity contribution in [3.8, 4) is 0 Å². The third-order valence-corrected chi connectivity index (χ3v) is 1.60. The molecule has 0 atom stereocenters. The molecule has 78 valence electrons. The molecular formula is C10H23N3. The summed E-state index contributed by atoms with van der Waals surface area (Å²) in [5.74, 6) is 0.650. The molecule has 3 nitrogen and oxygen atoms in total. The summed E-state index contributed by atoms with van der Waals surface area (Å²) in [7, 11) is 1.99. The van der Waals surface area contributed by atoms with Gasteiger partial charge in [0.1, 0.15) is 0 Å². The fourth-order valence-corrected chi connectivity index (χ4v) is 1.14. The molecule has 2 N–H and O–H groups in total. The normalized spacial score (nSPS) is 13.2. The molecule has 13 heavy (non-hydrogen) atoms. The smallest absolute Gasteiger partial charge is 0.191 e. The second-order valence-electron chi connectivity index (χ2n) is 4.66. The van der Waals surface area contributed by atoms with E-state index >= 15 is 0 Å². The SMILES string of the molecule is CCCN=C(N)N(C)CC(C)(C)C. The van der Waals surface area contributed by atoms with E-state index in [0.717, 1.165) is 19.5 Å². The van der Waals surface area contributed by atoms with Gasteiger partial charge in [-0.1, -0.05) is 27.7 Å². The highest BCUT2D eigenvalue weighted by atomic mass is 15.2. The molecule has 0 aliphatic carbocycles. The molecule has 0 aromatic carbocycles. The second-order valence-corrected chi connectivity index (χ2v) is 4.66. The van der Waals surface area contributed by atoms with Gasteiger partial charge in [0.2, 0.25) is 0 Å². The van der Waals surface area contributed by atoms with Crippen LogP contribution in [0.1, 0.15) is 34.1 Å². The summed E-state index contributed by atoms with van der Waals surface area (Å²) in [4.78, 5) is 6.26. The van der Waals surface area contributed by atoms with Crippen molar-refractivity contribution in [2.45, 2.75) is 34.1 Å². The van der Waals surface area contributed by atoms with Gasteiger partial charge >= 0.3 is 0 Å². The van der Waals surface area contributed by atoms with Crippen molar-refractivity contribution in [2.24, 2.45) is 16.1 Å². The molecule has 0 spiro atoms. The van der Waals surface area contributed by atoms with Crippen LogP contribution >= 0.6 is 0 Å². The average Bonchev–Trinajstić information content (AvgIpc) is 1.96. The van der Waals surface area contributed by atoms with Crippen LogP contribution < -0.4 is 5.73 Å². The summed E-state index contributed by atoms with van der Waals surface area (Å²) in [6, 6.07) is 0. The molecule has 0 saturated carbocycles. The van der Waals surface area contributed by atoms with Crippen molar-refractivity contribution in [3.63, 3.8) is 0 Å². The lowest BCUT2D eigenvalue weighted by Crippen LogP contribution is -2.39. The minimum absolute atomic E-state index is 0.265. The van der Waals surface area contributed by atoms with Crippen molar-refractivity contribution < 1.29 is 0 Å². The Kier molecular flexibility index (Phi) is 4.81. The average molecular weight is 185 g/mol. The highest BCUT2D eigenvalue weighted by Crippen LogP contribution is 2.13. The molecule has 0 unspecified atom stereocenters. The van der Waals surface area contributed by atoms with Gasteiger partial charge in [0.15, 0.2) is 5.96 Å². The molecule has 0 bridgehead atoms. The second kappa shape index (κ2) is 5.10. The maximum absolute atomic E-state index is 5.79. The Bertz CT molecular complexity index is 167. The Hall–Kier alpha value is -0.730. The third-order valence-electron chi connectivity index (χ3n) is 1.60.